The quantitative estimate of drug-likeness (QED) is 0.395. The Morgan fingerprint density at radius 1 is 0.972 bits per heavy atom. The molecule has 2 aliphatic rings. The smallest absolute Gasteiger partial charge is 0.253 e. The van der Waals surface area contributed by atoms with Crippen molar-refractivity contribution < 1.29 is 9.59 Å². The Morgan fingerprint density at radius 2 is 1.69 bits per heavy atom. The molecule has 6 rings (SSSR count). The van der Waals surface area contributed by atoms with Gasteiger partial charge in [0, 0.05) is 37.2 Å². The third-order valence-corrected chi connectivity index (χ3v) is 7.60. The van der Waals surface area contributed by atoms with Gasteiger partial charge in [-0.2, -0.15) is 0 Å². The maximum Gasteiger partial charge on any atom is 0.253 e. The number of ketones is 1. The summed E-state index contributed by atoms with van der Waals surface area (Å²) in [6.45, 7) is 1.94. The Labute approximate surface area is 210 Å². The first kappa shape index (κ1) is 22.7. The van der Waals surface area contributed by atoms with E-state index in [1.807, 2.05) is 36.4 Å². The minimum atomic E-state index is -0.456. The van der Waals surface area contributed by atoms with Crippen LogP contribution in [0.25, 0.3) is 33.5 Å². The Bertz CT molecular complexity index is 1410. The van der Waals surface area contributed by atoms with Crippen molar-refractivity contribution in [3.05, 3.63) is 78.4 Å². The molecule has 6 nitrogen and oxygen atoms in total. The van der Waals surface area contributed by atoms with Gasteiger partial charge in [-0.3, -0.25) is 9.59 Å². The SMILES string of the molecule is CN(C[C@]1(C(=O)C2CC2)CCNC1)C(=O)c1ccc2nc(-c3ccc(-c4ccccc4)cc3)[nH]c2c1. The van der Waals surface area contributed by atoms with Gasteiger partial charge < -0.3 is 15.2 Å². The highest BCUT2D eigenvalue weighted by Gasteiger charge is 2.48. The van der Waals surface area contributed by atoms with Crippen molar-refractivity contribution in [2.24, 2.45) is 11.3 Å². The molecule has 2 heterocycles. The molecule has 1 atom stereocenters. The third-order valence-electron chi connectivity index (χ3n) is 7.60. The molecule has 0 bridgehead atoms. The number of nitrogens with one attached hydrogen (secondary N) is 2. The van der Waals surface area contributed by atoms with Crippen LogP contribution in [0.5, 0.6) is 0 Å². The van der Waals surface area contributed by atoms with Gasteiger partial charge in [0.1, 0.15) is 11.6 Å². The van der Waals surface area contributed by atoms with Gasteiger partial charge in [-0.25, -0.2) is 4.98 Å². The Morgan fingerprint density at radius 3 is 2.39 bits per heavy atom. The highest BCUT2D eigenvalue weighted by Crippen LogP contribution is 2.40. The molecule has 2 fully saturated rings. The van der Waals surface area contributed by atoms with Gasteiger partial charge in [0.05, 0.1) is 16.4 Å². The maximum atomic E-state index is 13.3. The van der Waals surface area contributed by atoms with Crippen LogP contribution in [0.1, 0.15) is 29.6 Å². The van der Waals surface area contributed by atoms with Crippen LogP contribution >= 0.6 is 0 Å². The highest BCUT2D eigenvalue weighted by molar-refractivity contribution is 5.98. The largest absolute Gasteiger partial charge is 0.341 e. The molecule has 3 aromatic carbocycles. The highest BCUT2D eigenvalue weighted by atomic mass is 16.2. The lowest BCUT2D eigenvalue weighted by Crippen LogP contribution is -2.46. The van der Waals surface area contributed by atoms with E-state index in [-0.39, 0.29) is 11.8 Å². The number of hydrogen-bond acceptors (Lipinski definition) is 4. The van der Waals surface area contributed by atoms with Crippen molar-refractivity contribution in [1.29, 1.82) is 0 Å². The van der Waals surface area contributed by atoms with Gasteiger partial charge in [0.15, 0.2) is 0 Å². The molecule has 1 saturated carbocycles. The molecule has 2 N–H and O–H groups in total. The van der Waals surface area contributed by atoms with Crippen molar-refractivity contribution in [3.8, 4) is 22.5 Å². The lowest BCUT2D eigenvalue weighted by atomic mass is 9.79. The summed E-state index contributed by atoms with van der Waals surface area (Å²) >= 11 is 0. The van der Waals surface area contributed by atoms with Crippen LogP contribution in [-0.4, -0.2) is 53.2 Å². The number of aromatic amines is 1. The summed E-state index contributed by atoms with van der Waals surface area (Å²) in [4.78, 5) is 36.2. The van der Waals surface area contributed by atoms with E-state index < -0.39 is 5.41 Å². The van der Waals surface area contributed by atoms with Crippen molar-refractivity contribution in [2.45, 2.75) is 19.3 Å². The number of fused-ring (bicyclic) bond motifs is 1. The number of carbonyl (C=O) groups is 2. The first-order valence-corrected chi connectivity index (χ1v) is 12.7. The summed E-state index contributed by atoms with van der Waals surface area (Å²) in [5.41, 5.74) is 5.10. The molecular weight excluding hydrogens is 448 g/mol. The fourth-order valence-electron chi connectivity index (χ4n) is 5.42. The van der Waals surface area contributed by atoms with Gasteiger partial charge in [-0.1, -0.05) is 54.6 Å². The number of nitrogens with zero attached hydrogens (tertiary/aromatic N) is 2. The summed E-state index contributed by atoms with van der Waals surface area (Å²) in [7, 11) is 1.81. The number of H-pyrrole nitrogens is 1. The standard InChI is InChI=1S/C30H30N4O2/c1-34(19-30(15-16-31-18-30)27(35)22-9-10-22)29(36)24-13-14-25-26(17-24)33-28(32-25)23-11-7-21(8-12-23)20-5-3-2-4-6-20/h2-8,11-14,17,22,31H,9-10,15-16,18-19H2,1H3,(H,32,33)/t30-/m0/s1. The minimum Gasteiger partial charge on any atom is -0.341 e. The molecule has 1 saturated heterocycles. The lowest BCUT2D eigenvalue weighted by molar-refractivity contribution is -0.129. The number of carbonyl (C=O) groups excluding carboxylic acids is 2. The second-order valence-corrected chi connectivity index (χ2v) is 10.3. The fourth-order valence-corrected chi connectivity index (χ4v) is 5.42. The second kappa shape index (κ2) is 9.03. The summed E-state index contributed by atoms with van der Waals surface area (Å²) in [5, 5.41) is 3.34. The second-order valence-electron chi connectivity index (χ2n) is 10.3. The van der Waals surface area contributed by atoms with E-state index >= 15 is 0 Å². The van der Waals surface area contributed by atoms with Crippen molar-refractivity contribution in [3.63, 3.8) is 0 Å². The topological polar surface area (TPSA) is 78.1 Å². The summed E-state index contributed by atoms with van der Waals surface area (Å²) in [5.74, 6) is 1.22. The van der Waals surface area contributed by atoms with Gasteiger partial charge in [-0.15, -0.1) is 0 Å². The summed E-state index contributed by atoms with van der Waals surface area (Å²) in [6.07, 6.45) is 2.78. The zero-order valence-electron chi connectivity index (χ0n) is 20.5. The molecule has 4 aromatic rings. The van der Waals surface area contributed by atoms with Gasteiger partial charge in [-0.05, 0) is 55.1 Å². The maximum absolute atomic E-state index is 13.3. The molecule has 1 amide bonds. The monoisotopic (exact) mass is 478 g/mol. The van der Waals surface area contributed by atoms with Crippen LogP contribution in [0.2, 0.25) is 0 Å². The third kappa shape index (κ3) is 4.22. The molecule has 1 aromatic heterocycles. The average Bonchev–Trinajstić information content (AvgIpc) is 3.51. The Hall–Kier alpha value is -3.77. The summed E-state index contributed by atoms with van der Waals surface area (Å²) < 4.78 is 0. The number of rotatable bonds is 7. The van der Waals surface area contributed by atoms with Crippen molar-refractivity contribution >= 4 is 22.7 Å². The predicted molar refractivity (Wildman–Crippen MR) is 142 cm³/mol. The fraction of sp³-hybridized carbons (Fsp3) is 0.300. The molecule has 1 aliphatic heterocycles. The van der Waals surface area contributed by atoms with Crippen LogP contribution in [0.3, 0.4) is 0 Å². The zero-order valence-corrected chi connectivity index (χ0v) is 20.5. The van der Waals surface area contributed by atoms with E-state index in [1.54, 1.807) is 11.9 Å². The van der Waals surface area contributed by atoms with Crippen LogP contribution in [0, 0.1) is 11.3 Å². The number of hydrogen-bond donors (Lipinski definition) is 2. The van der Waals surface area contributed by atoms with Crippen LogP contribution in [-0.2, 0) is 4.79 Å². The van der Waals surface area contributed by atoms with Crippen LogP contribution in [0.4, 0.5) is 0 Å². The minimum absolute atomic E-state index is 0.0739. The predicted octanol–water partition coefficient (Wildman–Crippen LogP) is 4.93. The Balaban J connectivity index is 1.21. The zero-order chi connectivity index (χ0) is 24.7. The molecule has 0 spiro atoms. The molecular formula is C30H30N4O2. The van der Waals surface area contributed by atoms with Gasteiger partial charge >= 0.3 is 0 Å². The van der Waals surface area contributed by atoms with E-state index in [0.29, 0.717) is 24.4 Å². The van der Waals surface area contributed by atoms with E-state index in [9.17, 15) is 9.59 Å². The molecule has 0 radical (unpaired) electrons. The number of Topliss-reactive ketones (excluding diaryl/α,β-unsaturated/α-hetero) is 1. The molecule has 0 unspecified atom stereocenters. The Kier molecular flexibility index (Phi) is 5.69. The molecule has 182 valence electrons. The van der Waals surface area contributed by atoms with E-state index in [0.717, 1.165) is 53.8 Å². The van der Waals surface area contributed by atoms with Crippen LogP contribution < -0.4 is 5.32 Å². The molecule has 6 heteroatoms. The number of benzene rings is 3. The van der Waals surface area contributed by atoms with E-state index in [2.05, 4.69) is 46.7 Å². The summed E-state index contributed by atoms with van der Waals surface area (Å²) in [6, 6.07) is 24.2. The van der Waals surface area contributed by atoms with Crippen LogP contribution in [0.15, 0.2) is 72.8 Å². The average molecular weight is 479 g/mol. The first-order valence-electron chi connectivity index (χ1n) is 12.7. The number of aromatic nitrogens is 2. The molecule has 1 aliphatic carbocycles. The number of imidazole rings is 1. The van der Waals surface area contributed by atoms with Gasteiger partial charge in [0.2, 0.25) is 0 Å². The lowest BCUT2D eigenvalue weighted by Gasteiger charge is -2.32. The van der Waals surface area contributed by atoms with E-state index in [1.165, 1.54) is 5.56 Å². The van der Waals surface area contributed by atoms with Crippen molar-refractivity contribution in [2.75, 3.05) is 26.7 Å². The van der Waals surface area contributed by atoms with E-state index in [4.69, 9.17) is 4.98 Å². The molecule has 36 heavy (non-hydrogen) atoms. The van der Waals surface area contributed by atoms with Gasteiger partial charge in [0.25, 0.3) is 5.91 Å². The first-order chi connectivity index (χ1) is 17.5. The normalized spacial score (nSPS) is 19.5. The number of amides is 1. The van der Waals surface area contributed by atoms with Crippen molar-refractivity contribution in [1.82, 2.24) is 20.2 Å².